The van der Waals surface area contributed by atoms with E-state index in [1.807, 2.05) is 19.1 Å². The van der Waals surface area contributed by atoms with E-state index in [1.165, 1.54) is 12.1 Å². The summed E-state index contributed by atoms with van der Waals surface area (Å²) in [5, 5.41) is 14.4. The molecule has 0 aliphatic carbocycles. The van der Waals surface area contributed by atoms with Gasteiger partial charge in [0.05, 0.1) is 15.6 Å². The highest BCUT2D eigenvalue weighted by Gasteiger charge is 2.10. The maximum absolute atomic E-state index is 10.8. The van der Waals surface area contributed by atoms with E-state index >= 15 is 0 Å². The quantitative estimate of drug-likeness (QED) is 0.507. The molecule has 0 heterocycles. The van der Waals surface area contributed by atoms with Crippen LogP contribution in [0.1, 0.15) is 5.56 Å². The number of hydrogen-bond acceptors (Lipinski definition) is 4. The standard InChI is InChI=1S/C13H12ClN3O2/c1-8-3-2-4-12(14)13(8)16-10-5-9(15)6-11(7-10)17(18)19/h2-7,16H,15H2,1H3. The number of para-hydroxylation sites is 1. The first-order valence-corrected chi connectivity index (χ1v) is 5.92. The van der Waals surface area contributed by atoms with E-state index in [1.54, 1.807) is 12.1 Å². The SMILES string of the molecule is Cc1cccc(Cl)c1Nc1cc(N)cc([N+](=O)[O-])c1. The van der Waals surface area contributed by atoms with Crippen LogP contribution in [-0.4, -0.2) is 4.92 Å². The molecule has 0 spiro atoms. The van der Waals surface area contributed by atoms with Gasteiger partial charge in [-0.25, -0.2) is 0 Å². The predicted octanol–water partition coefficient (Wildman–Crippen LogP) is 3.88. The van der Waals surface area contributed by atoms with Crippen molar-refractivity contribution < 1.29 is 4.92 Å². The Morgan fingerprint density at radius 3 is 2.68 bits per heavy atom. The molecule has 2 aromatic rings. The highest BCUT2D eigenvalue weighted by atomic mass is 35.5. The Labute approximate surface area is 115 Å². The number of nitrogen functional groups attached to an aromatic ring is 1. The third-order valence-electron chi connectivity index (χ3n) is 2.64. The number of halogens is 1. The molecule has 0 aliphatic heterocycles. The Morgan fingerprint density at radius 1 is 1.32 bits per heavy atom. The van der Waals surface area contributed by atoms with Gasteiger partial charge < -0.3 is 11.1 Å². The van der Waals surface area contributed by atoms with E-state index in [4.69, 9.17) is 17.3 Å². The van der Waals surface area contributed by atoms with Gasteiger partial charge in [-0.05, 0) is 24.6 Å². The van der Waals surface area contributed by atoms with E-state index < -0.39 is 4.92 Å². The topological polar surface area (TPSA) is 81.2 Å². The molecule has 98 valence electrons. The Balaban J connectivity index is 2.41. The molecule has 0 atom stereocenters. The maximum atomic E-state index is 10.8. The van der Waals surface area contributed by atoms with Crippen LogP contribution in [0.15, 0.2) is 36.4 Å². The molecule has 6 heteroatoms. The van der Waals surface area contributed by atoms with Crippen molar-refractivity contribution in [2.75, 3.05) is 11.1 Å². The van der Waals surface area contributed by atoms with Gasteiger partial charge >= 0.3 is 0 Å². The number of nitrogens with two attached hydrogens (primary N) is 1. The summed E-state index contributed by atoms with van der Waals surface area (Å²) >= 11 is 6.09. The lowest BCUT2D eigenvalue weighted by molar-refractivity contribution is -0.384. The third kappa shape index (κ3) is 2.95. The summed E-state index contributed by atoms with van der Waals surface area (Å²) in [5.41, 5.74) is 8.09. The Bertz CT molecular complexity index is 624. The molecule has 0 saturated carbocycles. The van der Waals surface area contributed by atoms with Crippen molar-refractivity contribution in [1.82, 2.24) is 0 Å². The molecule has 0 aliphatic rings. The average Bonchev–Trinajstić information content (AvgIpc) is 2.33. The van der Waals surface area contributed by atoms with E-state index in [2.05, 4.69) is 5.32 Å². The molecule has 0 unspecified atom stereocenters. The molecular weight excluding hydrogens is 266 g/mol. The predicted molar refractivity (Wildman–Crippen MR) is 77.0 cm³/mol. The fraction of sp³-hybridized carbons (Fsp3) is 0.0769. The van der Waals surface area contributed by atoms with Crippen LogP contribution in [0.4, 0.5) is 22.7 Å². The van der Waals surface area contributed by atoms with Gasteiger partial charge in [0, 0.05) is 23.5 Å². The van der Waals surface area contributed by atoms with E-state index in [0.717, 1.165) is 5.56 Å². The maximum Gasteiger partial charge on any atom is 0.273 e. The highest BCUT2D eigenvalue weighted by Crippen LogP contribution is 2.31. The van der Waals surface area contributed by atoms with Crippen LogP contribution in [-0.2, 0) is 0 Å². The van der Waals surface area contributed by atoms with Crippen molar-refractivity contribution >= 4 is 34.4 Å². The fourth-order valence-corrected chi connectivity index (χ4v) is 2.02. The Kier molecular flexibility index (Phi) is 3.57. The number of aryl methyl sites for hydroxylation is 1. The van der Waals surface area contributed by atoms with Gasteiger partial charge in [-0.1, -0.05) is 23.7 Å². The van der Waals surface area contributed by atoms with E-state index in [-0.39, 0.29) is 5.69 Å². The number of nitrogens with one attached hydrogen (secondary N) is 1. The summed E-state index contributed by atoms with van der Waals surface area (Å²) in [6.45, 7) is 1.90. The van der Waals surface area contributed by atoms with Crippen molar-refractivity contribution in [3.63, 3.8) is 0 Å². The van der Waals surface area contributed by atoms with Crippen molar-refractivity contribution in [2.45, 2.75) is 6.92 Å². The van der Waals surface area contributed by atoms with Gasteiger partial charge in [0.1, 0.15) is 0 Å². The molecule has 19 heavy (non-hydrogen) atoms. The van der Waals surface area contributed by atoms with Gasteiger partial charge in [-0.2, -0.15) is 0 Å². The number of anilines is 3. The minimum atomic E-state index is -0.485. The molecule has 0 amide bonds. The van der Waals surface area contributed by atoms with Crippen LogP contribution >= 0.6 is 11.6 Å². The number of nitro benzene ring substituents is 1. The second-order valence-corrected chi connectivity index (χ2v) is 4.53. The number of nitrogens with zero attached hydrogens (tertiary/aromatic N) is 1. The molecule has 0 saturated heterocycles. The first-order valence-electron chi connectivity index (χ1n) is 5.54. The van der Waals surface area contributed by atoms with Gasteiger partial charge in [-0.15, -0.1) is 0 Å². The van der Waals surface area contributed by atoms with E-state index in [9.17, 15) is 10.1 Å². The largest absolute Gasteiger partial charge is 0.398 e. The number of hydrogen-bond donors (Lipinski definition) is 2. The highest BCUT2D eigenvalue weighted by molar-refractivity contribution is 6.33. The van der Waals surface area contributed by atoms with Crippen molar-refractivity contribution in [2.24, 2.45) is 0 Å². The minimum absolute atomic E-state index is 0.0628. The van der Waals surface area contributed by atoms with Crippen LogP contribution in [0.3, 0.4) is 0 Å². The number of rotatable bonds is 3. The van der Waals surface area contributed by atoms with Gasteiger partial charge in [-0.3, -0.25) is 10.1 Å². The molecular formula is C13H12ClN3O2. The molecule has 0 aromatic heterocycles. The molecule has 0 fully saturated rings. The monoisotopic (exact) mass is 277 g/mol. The zero-order valence-electron chi connectivity index (χ0n) is 10.2. The summed E-state index contributed by atoms with van der Waals surface area (Å²) in [4.78, 5) is 10.3. The van der Waals surface area contributed by atoms with Crippen molar-refractivity contribution in [3.8, 4) is 0 Å². The average molecular weight is 278 g/mol. The molecule has 3 N–H and O–H groups in total. The van der Waals surface area contributed by atoms with Crippen LogP contribution in [0.2, 0.25) is 5.02 Å². The lowest BCUT2D eigenvalue weighted by Gasteiger charge is -2.11. The minimum Gasteiger partial charge on any atom is -0.398 e. The lowest BCUT2D eigenvalue weighted by atomic mass is 10.2. The second-order valence-electron chi connectivity index (χ2n) is 4.13. The van der Waals surface area contributed by atoms with Crippen LogP contribution in [0, 0.1) is 17.0 Å². The molecule has 5 nitrogen and oxygen atoms in total. The summed E-state index contributed by atoms with van der Waals surface area (Å²) in [5.74, 6) is 0. The summed E-state index contributed by atoms with van der Waals surface area (Å²) in [6, 6.07) is 9.83. The lowest BCUT2D eigenvalue weighted by Crippen LogP contribution is -1.98. The number of nitro groups is 1. The zero-order valence-corrected chi connectivity index (χ0v) is 10.9. The van der Waals surface area contributed by atoms with Gasteiger partial charge in [0.2, 0.25) is 0 Å². The zero-order chi connectivity index (χ0) is 14.0. The van der Waals surface area contributed by atoms with Crippen LogP contribution < -0.4 is 11.1 Å². The van der Waals surface area contributed by atoms with Crippen molar-refractivity contribution in [3.05, 3.63) is 57.1 Å². The molecule has 2 aromatic carbocycles. The number of benzene rings is 2. The summed E-state index contributed by atoms with van der Waals surface area (Å²) in [6.07, 6.45) is 0. The summed E-state index contributed by atoms with van der Waals surface area (Å²) in [7, 11) is 0. The summed E-state index contributed by atoms with van der Waals surface area (Å²) < 4.78 is 0. The normalized spacial score (nSPS) is 10.2. The number of non-ortho nitro benzene ring substituents is 1. The van der Waals surface area contributed by atoms with Gasteiger partial charge in [0.15, 0.2) is 0 Å². The van der Waals surface area contributed by atoms with Gasteiger partial charge in [0.25, 0.3) is 5.69 Å². The van der Waals surface area contributed by atoms with E-state index in [0.29, 0.717) is 22.1 Å². The fourth-order valence-electron chi connectivity index (χ4n) is 1.75. The third-order valence-corrected chi connectivity index (χ3v) is 2.96. The van der Waals surface area contributed by atoms with Crippen molar-refractivity contribution in [1.29, 1.82) is 0 Å². The van der Waals surface area contributed by atoms with Crippen LogP contribution in [0.5, 0.6) is 0 Å². The first kappa shape index (κ1) is 13.2. The Hall–Kier alpha value is -2.27. The van der Waals surface area contributed by atoms with Crippen LogP contribution in [0.25, 0.3) is 0 Å². The molecule has 0 radical (unpaired) electrons. The molecule has 0 bridgehead atoms. The first-order chi connectivity index (χ1) is 8.97. The molecule has 2 rings (SSSR count). The second kappa shape index (κ2) is 5.16. The smallest absolute Gasteiger partial charge is 0.273 e. The Morgan fingerprint density at radius 2 is 2.05 bits per heavy atom.